The molecule has 3 aliphatic heterocycles. The first-order chi connectivity index (χ1) is 47.0. The van der Waals surface area contributed by atoms with Crippen LogP contribution in [0.25, 0.3) is 23.1 Å². The Kier molecular flexibility index (Phi) is 14.7. The number of fused-ring (bicyclic) bond motifs is 14. The highest BCUT2D eigenvalue weighted by Gasteiger charge is 2.65. The zero-order valence-corrected chi connectivity index (χ0v) is 54.6. The van der Waals surface area contributed by atoms with Crippen molar-refractivity contribution in [3.8, 4) is 17.6 Å². The molecule has 18 rings (SSSR count). The summed E-state index contributed by atoms with van der Waals surface area (Å²) in [6, 6.07) is 33.3. The van der Waals surface area contributed by atoms with Crippen molar-refractivity contribution in [3.63, 3.8) is 0 Å². The first kappa shape index (κ1) is 60.8. The summed E-state index contributed by atoms with van der Waals surface area (Å²) in [5.74, 6) is 6.49. The van der Waals surface area contributed by atoms with E-state index in [1.165, 1.54) is 74.0 Å². The molecule has 96 heavy (non-hydrogen) atoms. The van der Waals surface area contributed by atoms with Gasteiger partial charge in [0.15, 0.2) is 17.8 Å². The van der Waals surface area contributed by atoms with E-state index in [0.29, 0.717) is 53.4 Å². The molecule has 9 aliphatic carbocycles. The maximum Gasteiger partial charge on any atom is 0.340 e. The SMILES string of the molecule is CC(CO)=C1CC2CCC3CC4C5C=Cc6ccccc6C5CC4C45CC#CC6CCC7(C=CC(c8cccc9c8CCC8CCCC%10C=Cc%11ccccc%11C9%108)CC7CC(=O)OC(c7c(ccc8c(CO)c(C(CCO)COCO)c(=O)oc78)O4)C5OC1=O)c1ccc2c3c16. The highest BCUT2D eigenvalue weighted by atomic mass is 16.6. The highest BCUT2D eigenvalue weighted by molar-refractivity contribution is 5.91. The third-order valence-electron chi connectivity index (χ3n) is 26.7. The van der Waals surface area contributed by atoms with Gasteiger partial charge in [-0.15, -0.1) is 0 Å². The number of allylic oxidation sites excluding steroid dienone is 4. The Balaban J connectivity index is 0.890. The third kappa shape index (κ3) is 8.81. The van der Waals surface area contributed by atoms with Crippen molar-refractivity contribution in [2.75, 3.05) is 26.6 Å². The van der Waals surface area contributed by atoms with E-state index in [-0.39, 0.29) is 120 Å². The van der Waals surface area contributed by atoms with Crippen LogP contribution in [-0.4, -0.2) is 70.7 Å². The summed E-state index contributed by atoms with van der Waals surface area (Å²) in [6.07, 6.45) is 23.4. The Labute approximate surface area is 560 Å². The molecule has 492 valence electrons. The monoisotopic (exact) mass is 1280 g/mol. The van der Waals surface area contributed by atoms with Crippen molar-refractivity contribution in [2.45, 2.75) is 180 Å². The molecule has 6 aromatic rings. The van der Waals surface area contributed by atoms with E-state index in [0.717, 1.165) is 51.4 Å². The average Bonchev–Trinajstić information content (AvgIpc) is 1.26. The normalized spacial score (nSPS) is 34.3. The molecule has 4 N–H and O–H groups in total. The molecule has 17 atom stereocenters. The van der Waals surface area contributed by atoms with Crippen molar-refractivity contribution < 1.29 is 53.4 Å². The second kappa shape index (κ2) is 23.3. The quantitative estimate of drug-likeness (QED) is 0.0269. The fraction of sp³-hybridized carbons (Fsp3) is 0.464. The van der Waals surface area contributed by atoms with Gasteiger partial charge in [0.1, 0.15) is 18.1 Å². The molecule has 3 spiro atoms. The molecule has 2 saturated carbocycles. The summed E-state index contributed by atoms with van der Waals surface area (Å²) < 4.78 is 35.0. The molecule has 17 unspecified atom stereocenters. The number of hydrogen-bond donors (Lipinski definition) is 4. The minimum atomic E-state index is -1.49. The average molecular weight is 1290 g/mol. The summed E-state index contributed by atoms with van der Waals surface area (Å²) in [5, 5.41) is 43.3. The largest absolute Gasteiger partial charge is 0.481 e. The summed E-state index contributed by atoms with van der Waals surface area (Å²) in [7, 11) is 0. The number of benzene rings is 5. The summed E-state index contributed by atoms with van der Waals surface area (Å²) in [6.45, 7) is -0.272. The summed E-state index contributed by atoms with van der Waals surface area (Å²) in [4.78, 5) is 47.9. The van der Waals surface area contributed by atoms with Crippen molar-refractivity contribution in [2.24, 2.45) is 35.5 Å². The van der Waals surface area contributed by atoms with E-state index in [9.17, 15) is 20.4 Å². The van der Waals surface area contributed by atoms with Gasteiger partial charge in [-0.05, 0) is 222 Å². The molecule has 12 heteroatoms. The number of hydrogen-bond acceptors (Lipinski definition) is 12. The van der Waals surface area contributed by atoms with Gasteiger partial charge in [0, 0.05) is 64.1 Å². The number of rotatable bonds is 9. The van der Waals surface area contributed by atoms with Crippen LogP contribution < -0.4 is 10.4 Å². The van der Waals surface area contributed by atoms with Crippen LogP contribution >= 0.6 is 0 Å². The summed E-state index contributed by atoms with van der Waals surface area (Å²) >= 11 is 0. The maximum atomic E-state index is 16.6. The predicted octanol–water partition coefficient (Wildman–Crippen LogP) is 14.1. The van der Waals surface area contributed by atoms with Gasteiger partial charge in [-0.3, -0.25) is 4.79 Å². The van der Waals surface area contributed by atoms with Crippen LogP contribution in [0.15, 0.2) is 136 Å². The van der Waals surface area contributed by atoms with Crippen LogP contribution in [0.2, 0.25) is 0 Å². The molecular weight excluding hydrogens is 1200 g/mol. The lowest BCUT2D eigenvalue weighted by atomic mass is 9.48. The molecule has 12 aliphatic rings. The Morgan fingerprint density at radius 2 is 1.57 bits per heavy atom. The van der Waals surface area contributed by atoms with Crippen molar-refractivity contribution in [3.05, 3.63) is 215 Å². The van der Waals surface area contributed by atoms with E-state index in [1.807, 2.05) is 6.07 Å². The highest BCUT2D eigenvalue weighted by Crippen LogP contribution is 2.67. The van der Waals surface area contributed by atoms with Gasteiger partial charge in [0.25, 0.3) is 0 Å². The molecule has 6 bridgehead atoms. The number of aliphatic hydroxyl groups is 4. The van der Waals surface area contributed by atoms with Gasteiger partial charge >= 0.3 is 17.6 Å². The first-order valence-corrected chi connectivity index (χ1v) is 35.9. The van der Waals surface area contributed by atoms with Gasteiger partial charge in [-0.2, -0.15) is 0 Å². The van der Waals surface area contributed by atoms with Gasteiger partial charge in [0.05, 0.1) is 31.8 Å². The van der Waals surface area contributed by atoms with E-state index in [4.69, 9.17) is 23.4 Å². The Bertz CT molecular complexity index is 4500. The Morgan fingerprint density at radius 3 is 2.44 bits per heavy atom. The number of carbonyl (C=O) groups is 2. The number of carbonyl (C=O) groups excluding carboxylic acids is 2. The zero-order valence-electron chi connectivity index (χ0n) is 54.6. The second-order valence-corrected chi connectivity index (χ2v) is 30.5. The predicted molar refractivity (Wildman–Crippen MR) is 364 cm³/mol. The number of aliphatic hydroxyl groups excluding tert-OH is 4. The smallest absolute Gasteiger partial charge is 0.340 e. The second-order valence-electron chi connectivity index (χ2n) is 30.5. The van der Waals surface area contributed by atoms with Crippen molar-refractivity contribution in [1.29, 1.82) is 0 Å². The van der Waals surface area contributed by atoms with Crippen LogP contribution in [0.1, 0.15) is 223 Å². The molecular formula is C84H84O12. The van der Waals surface area contributed by atoms with E-state index in [1.54, 1.807) is 13.0 Å². The summed E-state index contributed by atoms with van der Waals surface area (Å²) in [5.41, 5.74) is 13.0. The zero-order chi connectivity index (χ0) is 64.9. The van der Waals surface area contributed by atoms with Gasteiger partial charge in [-0.25, -0.2) is 9.59 Å². The molecule has 4 heterocycles. The van der Waals surface area contributed by atoms with Crippen molar-refractivity contribution >= 4 is 35.1 Å². The molecule has 0 radical (unpaired) electrons. The maximum absolute atomic E-state index is 16.6. The standard InChI is InChI=1S/C84H84O12/c1-46(42-86)63-38-50-18-19-52-39-65-60-24-21-47-9-2-4-14-57(47)64(60)41-70(65)83-33-8-11-49-30-34-82(69-28-26-59(50)73(52)75(49)69)35-31-51(58-15-7-17-68-61(58)25-23-55-13-6-12-54-22-20-48-10-3-5-16-67(48)84(54,55)68)37-56(82)40-72(89)93-78(79(83)95-80(63)90)76-71(96-83)29-27-62-66(43-87)74(81(91)94-77(62)76)53(32-36-85)44-92-45-88/h2-5,7,9-10,14-17,20-22,24,26-29,31,35,49-56,60,64-65,70,78-79,85-88H,6,12-13,18-19,23,25,30,32-34,36-45H2,1H3. The number of esters is 2. The van der Waals surface area contributed by atoms with Crippen LogP contribution in [0, 0.1) is 47.3 Å². The van der Waals surface area contributed by atoms with Crippen molar-refractivity contribution in [1.82, 2.24) is 0 Å². The van der Waals surface area contributed by atoms with E-state index in [2.05, 4.69) is 127 Å². The van der Waals surface area contributed by atoms with E-state index >= 15 is 14.4 Å². The lowest BCUT2D eigenvalue weighted by molar-refractivity contribution is -0.205. The Hall–Kier alpha value is -7.63. The van der Waals surface area contributed by atoms with Crippen LogP contribution in [-0.2, 0) is 47.7 Å². The topological polar surface area (TPSA) is 182 Å². The van der Waals surface area contributed by atoms with Crippen LogP contribution in [0.4, 0.5) is 0 Å². The molecule has 5 aromatic carbocycles. The lowest BCUT2D eigenvalue weighted by Gasteiger charge is -2.55. The molecule has 1 saturated heterocycles. The Morgan fingerprint density at radius 1 is 0.740 bits per heavy atom. The minimum Gasteiger partial charge on any atom is -0.481 e. The molecule has 3 fully saturated rings. The third-order valence-corrected chi connectivity index (χ3v) is 26.7. The fourth-order valence-electron chi connectivity index (χ4n) is 22.8. The molecule has 0 amide bonds. The minimum absolute atomic E-state index is 0.0105. The van der Waals surface area contributed by atoms with Crippen LogP contribution in [0.5, 0.6) is 5.75 Å². The molecule has 1 aromatic heterocycles. The van der Waals surface area contributed by atoms with Gasteiger partial charge in [0.2, 0.25) is 0 Å². The van der Waals surface area contributed by atoms with Gasteiger partial charge in [-0.1, -0.05) is 134 Å². The van der Waals surface area contributed by atoms with Crippen LogP contribution in [0.3, 0.4) is 0 Å². The lowest BCUT2D eigenvalue weighted by Crippen LogP contribution is -2.61. The fourth-order valence-corrected chi connectivity index (χ4v) is 22.8. The molecule has 12 nitrogen and oxygen atoms in total. The first-order valence-electron chi connectivity index (χ1n) is 35.9. The van der Waals surface area contributed by atoms with Gasteiger partial charge < -0.3 is 43.8 Å². The van der Waals surface area contributed by atoms with E-state index < -0.39 is 60.1 Å². The number of ether oxygens (including phenoxy) is 4.